The van der Waals surface area contributed by atoms with Gasteiger partial charge in [0.05, 0.1) is 0 Å². The van der Waals surface area contributed by atoms with Crippen LogP contribution in [-0.4, -0.2) is 30.1 Å². The van der Waals surface area contributed by atoms with Crippen molar-refractivity contribution in [1.82, 2.24) is 4.90 Å². The molecule has 0 spiro atoms. The number of anilines is 1. The number of urea groups is 1. The van der Waals surface area contributed by atoms with E-state index in [0.29, 0.717) is 6.04 Å². The summed E-state index contributed by atoms with van der Waals surface area (Å²) in [6.07, 6.45) is 1.88. The molecule has 1 aromatic rings. The number of carbonyl (C=O) groups excluding carboxylic acids is 1. The number of nitrogens with one attached hydrogen (secondary N) is 1. The predicted octanol–water partition coefficient (Wildman–Crippen LogP) is 2.71. The molecule has 4 nitrogen and oxygen atoms in total. The lowest BCUT2D eigenvalue weighted by molar-refractivity contribution is 0.193. The maximum absolute atomic E-state index is 11.0. The zero-order chi connectivity index (χ0) is 13.1. The van der Waals surface area contributed by atoms with Crippen molar-refractivity contribution in [3.8, 4) is 0 Å². The van der Waals surface area contributed by atoms with Crippen LogP contribution in [0.25, 0.3) is 0 Å². The molecule has 0 bridgehead atoms. The number of nitrogens with zero attached hydrogens (tertiary/aromatic N) is 1. The van der Waals surface area contributed by atoms with Gasteiger partial charge in [-0.1, -0.05) is 22.0 Å². The van der Waals surface area contributed by atoms with Gasteiger partial charge in [-0.05, 0) is 37.5 Å². The van der Waals surface area contributed by atoms with Crippen molar-refractivity contribution in [2.24, 2.45) is 5.73 Å². The monoisotopic (exact) mass is 311 g/mol. The number of benzene rings is 1. The molecule has 0 aromatic heterocycles. The van der Waals surface area contributed by atoms with Crippen LogP contribution in [0.15, 0.2) is 22.7 Å². The van der Waals surface area contributed by atoms with Crippen molar-refractivity contribution in [2.75, 3.05) is 18.4 Å². The number of hydrogen-bond acceptors (Lipinski definition) is 2. The second-order valence-electron chi connectivity index (χ2n) is 4.70. The average molecular weight is 312 g/mol. The first kappa shape index (κ1) is 13.2. The highest BCUT2D eigenvalue weighted by atomic mass is 79.9. The molecule has 2 amide bonds. The number of nitrogens with two attached hydrogens (primary N) is 1. The van der Waals surface area contributed by atoms with Crippen molar-refractivity contribution < 1.29 is 4.79 Å². The van der Waals surface area contributed by atoms with E-state index in [4.69, 9.17) is 5.73 Å². The normalized spacial score (nSPS) is 16.7. The molecule has 3 N–H and O–H groups in total. The Kier molecular flexibility index (Phi) is 4.11. The molecule has 0 radical (unpaired) electrons. The highest BCUT2D eigenvalue weighted by Crippen LogP contribution is 2.23. The summed E-state index contributed by atoms with van der Waals surface area (Å²) in [5.74, 6) is 0. The number of rotatable bonds is 2. The zero-order valence-corrected chi connectivity index (χ0v) is 12.0. The summed E-state index contributed by atoms with van der Waals surface area (Å²) < 4.78 is 1.07. The first-order chi connectivity index (χ1) is 8.56. The summed E-state index contributed by atoms with van der Waals surface area (Å²) in [5, 5.41) is 3.54. The van der Waals surface area contributed by atoms with E-state index in [1.807, 2.05) is 6.07 Å². The number of primary amides is 1. The van der Waals surface area contributed by atoms with Crippen LogP contribution in [0.2, 0.25) is 0 Å². The molecule has 1 aromatic carbocycles. The Morgan fingerprint density at radius 1 is 1.44 bits per heavy atom. The van der Waals surface area contributed by atoms with Crippen LogP contribution >= 0.6 is 15.9 Å². The highest BCUT2D eigenvalue weighted by Gasteiger charge is 2.21. The summed E-state index contributed by atoms with van der Waals surface area (Å²) in [6.45, 7) is 3.56. The number of carbonyl (C=O) groups is 1. The highest BCUT2D eigenvalue weighted by molar-refractivity contribution is 9.10. The molecule has 0 aliphatic carbocycles. The van der Waals surface area contributed by atoms with Crippen molar-refractivity contribution >= 4 is 27.6 Å². The smallest absolute Gasteiger partial charge is 0.314 e. The van der Waals surface area contributed by atoms with Crippen LogP contribution in [0.4, 0.5) is 10.5 Å². The van der Waals surface area contributed by atoms with Gasteiger partial charge in [0.15, 0.2) is 0 Å². The number of piperidine rings is 1. The summed E-state index contributed by atoms with van der Waals surface area (Å²) in [5.41, 5.74) is 7.66. The standard InChI is InChI=1S/C13H18BrN3O/c1-9-2-3-10(14)8-12(9)16-11-4-6-17(7-5-11)13(15)18/h2-3,8,11,16H,4-7H2,1H3,(H2,15,18). The average Bonchev–Trinajstić information content (AvgIpc) is 2.34. The van der Waals surface area contributed by atoms with Gasteiger partial charge in [0.2, 0.25) is 0 Å². The molecule has 1 aliphatic rings. The van der Waals surface area contributed by atoms with E-state index >= 15 is 0 Å². The third kappa shape index (κ3) is 3.16. The van der Waals surface area contributed by atoms with Gasteiger partial charge in [0.25, 0.3) is 0 Å². The summed E-state index contributed by atoms with van der Waals surface area (Å²) in [4.78, 5) is 12.7. The molecule has 1 heterocycles. The largest absolute Gasteiger partial charge is 0.382 e. The molecule has 1 aliphatic heterocycles. The van der Waals surface area contributed by atoms with Gasteiger partial charge in [-0.3, -0.25) is 0 Å². The van der Waals surface area contributed by atoms with E-state index < -0.39 is 0 Å². The Hall–Kier alpha value is -1.23. The lowest BCUT2D eigenvalue weighted by Gasteiger charge is -2.32. The Balaban J connectivity index is 1.95. The van der Waals surface area contributed by atoms with Crippen molar-refractivity contribution in [3.63, 3.8) is 0 Å². The molecular weight excluding hydrogens is 294 g/mol. The Labute approximate surface area is 116 Å². The van der Waals surface area contributed by atoms with Crippen LogP contribution < -0.4 is 11.1 Å². The number of hydrogen-bond donors (Lipinski definition) is 2. The fourth-order valence-electron chi connectivity index (χ4n) is 2.21. The molecule has 0 saturated carbocycles. The van der Waals surface area contributed by atoms with E-state index in [1.165, 1.54) is 5.56 Å². The molecule has 0 unspecified atom stereocenters. The molecule has 5 heteroatoms. The van der Waals surface area contributed by atoms with Gasteiger partial charge in [-0.2, -0.15) is 0 Å². The predicted molar refractivity (Wildman–Crippen MR) is 76.7 cm³/mol. The fourth-order valence-corrected chi connectivity index (χ4v) is 2.57. The molecule has 18 heavy (non-hydrogen) atoms. The van der Waals surface area contributed by atoms with Gasteiger partial charge in [-0.25, -0.2) is 4.79 Å². The van der Waals surface area contributed by atoms with Gasteiger partial charge in [0.1, 0.15) is 0 Å². The van der Waals surface area contributed by atoms with Crippen LogP contribution in [0.1, 0.15) is 18.4 Å². The molecule has 1 fully saturated rings. The number of amides is 2. The van der Waals surface area contributed by atoms with E-state index in [2.05, 4.69) is 40.3 Å². The Morgan fingerprint density at radius 2 is 2.11 bits per heavy atom. The molecule has 2 rings (SSSR count). The maximum atomic E-state index is 11.0. The minimum Gasteiger partial charge on any atom is -0.382 e. The summed E-state index contributed by atoms with van der Waals surface area (Å²) in [6, 6.07) is 6.32. The molecular formula is C13H18BrN3O. The van der Waals surface area contributed by atoms with Crippen molar-refractivity contribution in [3.05, 3.63) is 28.2 Å². The van der Waals surface area contributed by atoms with Crippen molar-refractivity contribution in [1.29, 1.82) is 0 Å². The molecule has 98 valence electrons. The lowest BCUT2D eigenvalue weighted by atomic mass is 10.0. The molecule has 1 saturated heterocycles. The number of likely N-dealkylation sites (tertiary alicyclic amines) is 1. The third-order valence-corrected chi connectivity index (χ3v) is 3.86. The summed E-state index contributed by atoms with van der Waals surface area (Å²) >= 11 is 3.48. The number of aryl methyl sites for hydroxylation is 1. The lowest BCUT2D eigenvalue weighted by Crippen LogP contribution is -2.44. The minimum atomic E-state index is -0.313. The SMILES string of the molecule is Cc1ccc(Br)cc1NC1CCN(C(N)=O)CC1. The first-order valence-electron chi connectivity index (χ1n) is 6.13. The third-order valence-electron chi connectivity index (χ3n) is 3.37. The van der Waals surface area contributed by atoms with Crippen LogP contribution in [0.5, 0.6) is 0 Å². The Morgan fingerprint density at radius 3 is 2.72 bits per heavy atom. The van der Waals surface area contributed by atoms with Gasteiger partial charge >= 0.3 is 6.03 Å². The fraction of sp³-hybridized carbons (Fsp3) is 0.462. The maximum Gasteiger partial charge on any atom is 0.314 e. The minimum absolute atomic E-state index is 0.313. The quantitative estimate of drug-likeness (QED) is 0.882. The second-order valence-corrected chi connectivity index (χ2v) is 5.62. The van der Waals surface area contributed by atoms with Gasteiger partial charge < -0.3 is 16.0 Å². The van der Waals surface area contributed by atoms with Crippen molar-refractivity contribution in [2.45, 2.75) is 25.8 Å². The van der Waals surface area contributed by atoms with E-state index in [9.17, 15) is 4.79 Å². The zero-order valence-electron chi connectivity index (χ0n) is 10.4. The second kappa shape index (κ2) is 5.61. The van der Waals surface area contributed by atoms with Crippen LogP contribution in [0, 0.1) is 6.92 Å². The van der Waals surface area contributed by atoms with Gasteiger partial charge in [-0.15, -0.1) is 0 Å². The summed E-state index contributed by atoms with van der Waals surface area (Å²) in [7, 11) is 0. The van der Waals surface area contributed by atoms with E-state index in [1.54, 1.807) is 4.90 Å². The molecule has 0 atom stereocenters. The van der Waals surface area contributed by atoms with E-state index in [0.717, 1.165) is 36.1 Å². The topological polar surface area (TPSA) is 58.4 Å². The Bertz CT molecular complexity index is 442. The van der Waals surface area contributed by atoms with E-state index in [-0.39, 0.29) is 6.03 Å². The van der Waals surface area contributed by atoms with Crippen LogP contribution in [0.3, 0.4) is 0 Å². The number of halogens is 1. The van der Waals surface area contributed by atoms with Gasteiger partial charge in [0, 0.05) is 29.3 Å². The van der Waals surface area contributed by atoms with Crippen LogP contribution in [-0.2, 0) is 0 Å². The first-order valence-corrected chi connectivity index (χ1v) is 6.92.